The lowest BCUT2D eigenvalue weighted by Gasteiger charge is -2.18. The number of aliphatic hydroxyl groups is 1. The number of allylic oxidation sites excluding steroid dienone is 7. The summed E-state index contributed by atoms with van der Waals surface area (Å²) in [5.41, 5.74) is 0. The van der Waals surface area contributed by atoms with Crippen LogP contribution >= 0.6 is 7.82 Å². The normalized spacial score (nSPS) is 13.5. The van der Waals surface area contributed by atoms with Gasteiger partial charge < -0.3 is 24.4 Å². The van der Waals surface area contributed by atoms with E-state index in [0.717, 1.165) is 57.8 Å². The fourth-order valence-electron chi connectivity index (χ4n) is 5.79. The highest BCUT2D eigenvalue weighted by Gasteiger charge is 2.23. The Morgan fingerprint density at radius 2 is 1.13 bits per heavy atom. The summed E-state index contributed by atoms with van der Waals surface area (Å²) in [6.07, 6.45) is 42.8. The first kappa shape index (κ1) is 51.0. The van der Waals surface area contributed by atoms with E-state index in [-0.39, 0.29) is 19.4 Å². The molecule has 10 heteroatoms. The summed E-state index contributed by atoms with van der Waals surface area (Å²) in [6.45, 7) is 3.47. The number of esters is 2. The van der Waals surface area contributed by atoms with Crippen molar-refractivity contribution >= 4 is 19.8 Å². The molecule has 0 aromatic rings. The molecule has 2 atom stereocenters. The number of rotatable bonds is 38. The highest BCUT2D eigenvalue weighted by molar-refractivity contribution is 7.46. The summed E-state index contributed by atoms with van der Waals surface area (Å²) >= 11 is 0. The second kappa shape index (κ2) is 38.3. The fraction of sp³-hybridized carbons (Fsp3) is 0.767. The maximum Gasteiger partial charge on any atom is 0.469 e. The highest BCUT2D eigenvalue weighted by atomic mass is 31.2. The molecule has 0 bridgehead atoms. The number of phosphoric acid groups is 1. The molecule has 0 heterocycles. The molecule has 0 amide bonds. The summed E-state index contributed by atoms with van der Waals surface area (Å²) in [5.74, 6) is -0.963. The lowest BCUT2D eigenvalue weighted by atomic mass is 10.1. The van der Waals surface area contributed by atoms with Gasteiger partial charge in [0.05, 0.1) is 12.7 Å². The average Bonchev–Trinajstić information content (AvgIpc) is 3.12. The number of phosphoric ester groups is 1. The minimum absolute atomic E-state index is 0.141. The van der Waals surface area contributed by atoms with E-state index in [2.05, 4.69) is 42.7 Å². The fourth-order valence-corrected chi connectivity index (χ4v) is 6.15. The second-order valence-corrected chi connectivity index (χ2v) is 15.4. The van der Waals surface area contributed by atoms with Crippen LogP contribution in [-0.4, -0.2) is 52.3 Å². The minimum atomic E-state index is -4.78. The van der Waals surface area contributed by atoms with E-state index >= 15 is 0 Å². The van der Waals surface area contributed by atoms with Crippen LogP contribution in [0.4, 0.5) is 0 Å². The molecule has 0 rings (SSSR count). The number of aliphatic hydroxyl groups excluding tert-OH is 1. The molecule has 308 valence electrons. The molecule has 0 aromatic carbocycles. The quantitative estimate of drug-likeness (QED) is 0.0184. The van der Waals surface area contributed by atoms with Gasteiger partial charge in [0.15, 0.2) is 6.10 Å². The summed E-state index contributed by atoms with van der Waals surface area (Å²) in [7, 11) is -4.78. The van der Waals surface area contributed by atoms with E-state index in [4.69, 9.17) is 19.3 Å². The average molecular weight is 769 g/mol. The van der Waals surface area contributed by atoms with Crippen LogP contribution in [0.1, 0.15) is 187 Å². The van der Waals surface area contributed by atoms with Crippen molar-refractivity contribution in [2.75, 3.05) is 13.2 Å². The smallest absolute Gasteiger partial charge is 0.462 e. The van der Waals surface area contributed by atoms with Gasteiger partial charge in [-0.3, -0.25) is 14.1 Å². The van der Waals surface area contributed by atoms with E-state index in [1.54, 1.807) is 6.08 Å². The van der Waals surface area contributed by atoms with E-state index in [1.165, 1.54) is 83.5 Å². The molecular weight excluding hydrogens is 691 g/mol. The molecule has 0 spiro atoms. The molecule has 0 saturated heterocycles. The number of unbranched alkanes of at least 4 members (excludes halogenated alkanes) is 19. The van der Waals surface area contributed by atoms with Crippen molar-refractivity contribution in [1.29, 1.82) is 0 Å². The Kier molecular flexibility index (Phi) is 36.8. The van der Waals surface area contributed by atoms with Crippen molar-refractivity contribution in [2.24, 2.45) is 0 Å². The number of hydrogen-bond acceptors (Lipinski definition) is 7. The Labute approximate surface area is 323 Å². The molecule has 0 radical (unpaired) electrons. The van der Waals surface area contributed by atoms with Gasteiger partial charge in [0.25, 0.3) is 0 Å². The highest BCUT2D eigenvalue weighted by Crippen LogP contribution is 2.36. The molecule has 0 aliphatic carbocycles. The van der Waals surface area contributed by atoms with E-state index in [0.29, 0.717) is 19.3 Å². The Morgan fingerprint density at radius 3 is 1.70 bits per heavy atom. The molecule has 1 unspecified atom stereocenters. The Hall–Kier alpha value is -2.03. The van der Waals surface area contributed by atoms with Crippen molar-refractivity contribution in [3.63, 3.8) is 0 Å². The molecule has 0 saturated carbocycles. The maximum atomic E-state index is 12.4. The van der Waals surface area contributed by atoms with Gasteiger partial charge in [0, 0.05) is 12.8 Å². The van der Waals surface area contributed by atoms with Crippen molar-refractivity contribution in [3.8, 4) is 0 Å². The summed E-state index contributed by atoms with van der Waals surface area (Å²) in [5, 5.41) is 10.1. The molecule has 0 fully saturated rings. The molecule has 53 heavy (non-hydrogen) atoms. The molecule has 0 aliphatic heterocycles. The largest absolute Gasteiger partial charge is 0.469 e. The van der Waals surface area contributed by atoms with Gasteiger partial charge >= 0.3 is 19.8 Å². The molecule has 9 nitrogen and oxygen atoms in total. The third-order valence-electron chi connectivity index (χ3n) is 8.94. The first-order chi connectivity index (χ1) is 25.7. The first-order valence-electron chi connectivity index (χ1n) is 21.0. The van der Waals surface area contributed by atoms with Crippen LogP contribution in [0.15, 0.2) is 48.6 Å². The van der Waals surface area contributed by atoms with Crippen LogP contribution in [-0.2, 0) is 28.2 Å². The molecular formula is C43H77O9P. The van der Waals surface area contributed by atoms with Gasteiger partial charge in [-0.2, -0.15) is 0 Å². The van der Waals surface area contributed by atoms with Gasteiger partial charge in [0.1, 0.15) is 6.61 Å². The van der Waals surface area contributed by atoms with Crippen LogP contribution < -0.4 is 0 Å². The summed E-state index contributed by atoms with van der Waals surface area (Å²) in [4.78, 5) is 42.8. The lowest BCUT2D eigenvalue weighted by molar-refractivity contribution is -0.161. The van der Waals surface area contributed by atoms with Crippen molar-refractivity contribution < 1.29 is 43.0 Å². The van der Waals surface area contributed by atoms with Crippen molar-refractivity contribution in [2.45, 2.75) is 199 Å². The minimum Gasteiger partial charge on any atom is -0.462 e. The second-order valence-electron chi connectivity index (χ2n) is 14.1. The Balaban J connectivity index is 3.98. The van der Waals surface area contributed by atoms with Gasteiger partial charge in [0.2, 0.25) is 0 Å². The number of carbonyl (C=O) groups is 2. The Bertz CT molecular complexity index is 1020. The summed E-state index contributed by atoms with van der Waals surface area (Å²) in [6, 6.07) is 0. The number of carbonyl (C=O) groups excluding carboxylic acids is 2. The number of hydrogen-bond donors (Lipinski definition) is 3. The molecule has 0 aromatic heterocycles. The first-order valence-corrected chi connectivity index (χ1v) is 22.6. The van der Waals surface area contributed by atoms with E-state index < -0.39 is 38.6 Å². The van der Waals surface area contributed by atoms with Crippen molar-refractivity contribution in [1.82, 2.24) is 0 Å². The molecule has 3 N–H and O–H groups in total. The van der Waals surface area contributed by atoms with Crippen LogP contribution in [0, 0.1) is 0 Å². The topological polar surface area (TPSA) is 140 Å². The number of ether oxygens (including phenoxy) is 2. The predicted molar refractivity (Wildman–Crippen MR) is 217 cm³/mol. The van der Waals surface area contributed by atoms with E-state index in [1.807, 2.05) is 18.2 Å². The van der Waals surface area contributed by atoms with Crippen LogP contribution in [0.2, 0.25) is 0 Å². The SMILES string of the molecule is CC/C=C/C/C=C/C=C/C(O)CCCCCCCC(=O)O[C@H](COC(=O)CCCCCCCCCCC/C=C\CCCCCCCC)COP(=O)(O)O. The van der Waals surface area contributed by atoms with Gasteiger partial charge in [-0.15, -0.1) is 0 Å². The third-order valence-corrected chi connectivity index (χ3v) is 9.42. The third kappa shape index (κ3) is 41.0. The maximum absolute atomic E-state index is 12.4. The van der Waals surface area contributed by atoms with Crippen LogP contribution in [0.25, 0.3) is 0 Å². The van der Waals surface area contributed by atoms with Crippen LogP contribution in [0.3, 0.4) is 0 Å². The molecule has 0 aliphatic rings. The monoisotopic (exact) mass is 769 g/mol. The summed E-state index contributed by atoms with van der Waals surface area (Å²) < 4.78 is 26.3. The van der Waals surface area contributed by atoms with E-state index in [9.17, 15) is 19.3 Å². The lowest BCUT2D eigenvalue weighted by Crippen LogP contribution is -2.29. The Morgan fingerprint density at radius 1 is 0.604 bits per heavy atom. The predicted octanol–water partition coefficient (Wildman–Crippen LogP) is 11.7. The zero-order valence-electron chi connectivity index (χ0n) is 33.5. The standard InChI is InChI=1S/C43H77O9P/c1-3-5-7-9-11-12-13-14-15-16-17-18-19-20-21-22-24-28-32-36-42(45)50-38-41(39-51-53(47,48)49)52-43(46)37-33-29-25-27-31-35-40(44)34-30-26-23-10-8-6-4-2/h6,8,14-15,23,26,30,34,40-41,44H,3-5,7,9-13,16-22,24-25,27-29,31-33,35-39H2,1-2H3,(H2,47,48,49)/b8-6+,15-14-,26-23+,34-30+/t40?,41-/m1/s1. The van der Waals surface area contributed by atoms with Gasteiger partial charge in [-0.05, 0) is 57.8 Å². The van der Waals surface area contributed by atoms with Crippen molar-refractivity contribution in [3.05, 3.63) is 48.6 Å². The zero-order chi connectivity index (χ0) is 39.1. The van der Waals surface area contributed by atoms with Gasteiger partial charge in [-0.1, -0.05) is 165 Å². The zero-order valence-corrected chi connectivity index (χ0v) is 34.4. The van der Waals surface area contributed by atoms with Crippen LogP contribution in [0.5, 0.6) is 0 Å². The van der Waals surface area contributed by atoms with Gasteiger partial charge in [-0.25, -0.2) is 4.57 Å².